The summed E-state index contributed by atoms with van der Waals surface area (Å²) in [7, 11) is 0. The van der Waals surface area contributed by atoms with Gasteiger partial charge in [0.2, 0.25) is 0 Å². The van der Waals surface area contributed by atoms with Gasteiger partial charge in [0.05, 0.1) is 17.4 Å². The zero-order valence-corrected chi connectivity index (χ0v) is 8.50. The van der Waals surface area contributed by atoms with Crippen molar-refractivity contribution in [1.82, 2.24) is 4.98 Å². The summed E-state index contributed by atoms with van der Waals surface area (Å²) >= 11 is 0. The average molecular weight is 225 g/mol. The summed E-state index contributed by atoms with van der Waals surface area (Å²) in [6.07, 6.45) is 3.14. The topological polar surface area (TPSA) is 38.9 Å². The molecule has 1 aliphatic rings. The van der Waals surface area contributed by atoms with E-state index in [1.807, 2.05) is 0 Å². The Morgan fingerprint density at radius 2 is 1.92 bits per heavy atom. The Morgan fingerprint density at radius 3 is 2.31 bits per heavy atom. The molecule has 0 aromatic carbocycles. The Bertz CT molecular complexity index is 272. The highest BCUT2D eigenvalue weighted by molar-refractivity contribution is 5.85. The third-order valence-corrected chi connectivity index (χ3v) is 2.03. The van der Waals surface area contributed by atoms with Crippen LogP contribution in [-0.2, 0) is 5.54 Å². The highest BCUT2D eigenvalue weighted by Gasteiger charge is 2.41. The molecular weight excluding hydrogens is 214 g/mol. The van der Waals surface area contributed by atoms with Crippen LogP contribution < -0.4 is 5.73 Å². The lowest BCUT2D eigenvalue weighted by atomic mass is 10.2. The van der Waals surface area contributed by atoms with Crippen molar-refractivity contribution >= 4 is 24.8 Å². The van der Waals surface area contributed by atoms with Crippen LogP contribution in [0.3, 0.4) is 0 Å². The second-order valence-electron chi connectivity index (χ2n) is 3.02. The van der Waals surface area contributed by atoms with E-state index in [-0.39, 0.29) is 36.2 Å². The smallest absolute Gasteiger partial charge is 0.141 e. The molecule has 0 bridgehead atoms. The molecule has 0 saturated heterocycles. The van der Waals surface area contributed by atoms with E-state index >= 15 is 0 Å². The zero-order valence-electron chi connectivity index (χ0n) is 6.87. The molecule has 5 heteroatoms. The normalized spacial score (nSPS) is 16.8. The Hall–Kier alpha value is -0.380. The van der Waals surface area contributed by atoms with Crippen LogP contribution in [0, 0.1) is 5.82 Å². The standard InChI is InChI=1S/C8H9FN2.2ClH/c9-6-1-2-7(11-5-6)8(10)3-4-8;;/h1-2,5H,3-4,10H2;2*1H. The van der Waals surface area contributed by atoms with Gasteiger partial charge in [0.1, 0.15) is 5.82 Å². The van der Waals surface area contributed by atoms with Crippen LogP contribution in [0.15, 0.2) is 18.3 Å². The van der Waals surface area contributed by atoms with E-state index in [2.05, 4.69) is 4.98 Å². The van der Waals surface area contributed by atoms with Crippen LogP contribution in [0.4, 0.5) is 4.39 Å². The van der Waals surface area contributed by atoms with Gasteiger partial charge < -0.3 is 5.73 Å². The van der Waals surface area contributed by atoms with Crippen molar-refractivity contribution in [2.45, 2.75) is 18.4 Å². The minimum Gasteiger partial charge on any atom is -0.320 e. The molecule has 2 rings (SSSR count). The fraction of sp³-hybridized carbons (Fsp3) is 0.375. The number of nitrogens with zero attached hydrogens (tertiary/aromatic N) is 1. The first-order valence-electron chi connectivity index (χ1n) is 3.62. The van der Waals surface area contributed by atoms with Gasteiger partial charge in [-0.1, -0.05) is 0 Å². The Balaban J connectivity index is 0.000000720. The molecule has 1 saturated carbocycles. The molecule has 1 heterocycles. The van der Waals surface area contributed by atoms with Crippen LogP contribution in [0.2, 0.25) is 0 Å². The molecule has 0 spiro atoms. The maximum absolute atomic E-state index is 12.4. The molecule has 1 aliphatic carbocycles. The highest BCUT2D eigenvalue weighted by atomic mass is 35.5. The Morgan fingerprint density at radius 1 is 1.31 bits per heavy atom. The number of hydrogen-bond donors (Lipinski definition) is 1. The van der Waals surface area contributed by atoms with E-state index in [1.54, 1.807) is 6.07 Å². The molecule has 1 aromatic rings. The molecule has 74 valence electrons. The summed E-state index contributed by atoms with van der Waals surface area (Å²) in [5, 5.41) is 0. The molecule has 1 fully saturated rings. The van der Waals surface area contributed by atoms with E-state index in [0.29, 0.717) is 0 Å². The summed E-state index contributed by atoms with van der Waals surface area (Å²) in [5.74, 6) is -0.307. The Kier molecular flexibility index (Phi) is 4.10. The molecule has 0 amide bonds. The zero-order chi connectivity index (χ0) is 7.90. The number of nitrogens with two attached hydrogens (primary N) is 1. The van der Waals surface area contributed by atoms with Gasteiger partial charge in [-0.25, -0.2) is 4.39 Å². The number of rotatable bonds is 1. The maximum atomic E-state index is 12.4. The third-order valence-electron chi connectivity index (χ3n) is 2.03. The first-order chi connectivity index (χ1) is 5.21. The maximum Gasteiger partial charge on any atom is 0.141 e. The number of halogens is 3. The largest absolute Gasteiger partial charge is 0.320 e. The molecule has 2 N–H and O–H groups in total. The van der Waals surface area contributed by atoms with Gasteiger partial charge in [-0.15, -0.1) is 24.8 Å². The van der Waals surface area contributed by atoms with Crippen LogP contribution in [0.1, 0.15) is 18.5 Å². The molecule has 2 nitrogen and oxygen atoms in total. The van der Waals surface area contributed by atoms with Gasteiger partial charge in [-0.2, -0.15) is 0 Å². The fourth-order valence-electron chi connectivity index (χ4n) is 1.06. The summed E-state index contributed by atoms with van der Waals surface area (Å²) in [5.41, 5.74) is 6.40. The van der Waals surface area contributed by atoms with E-state index in [4.69, 9.17) is 5.73 Å². The van der Waals surface area contributed by atoms with Gasteiger partial charge in [0.15, 0.2) is 0 Å². The molecule has 1 aromatic heterocycles. The average Bonchev–Trinajstić information content (AvgIpc) is 2.70. The van der Waals surface area contributed by atoms with Crippen LogP contribution in [0.5, 0.6) is 0 Å². The first kappa shape index (κ1) is 12.6. The molecule has 13 heavy (non-hydrogen) atoms. The molecule has 0 aliphatic heterocycles. The van der Waals surface area contributed by atoms with Crippen molar-refractivity contribution in [3.63, 3.8) is 0 Å². The van der Waals surface area contributed by atoms with Crippen molar-refractivity contribution in [3.05, 3.63) is 29.8 Å². The molecule has 0 atom stereocenters. The highest BCUT2D eigenvalue weighted by Crippen LogP contribution is 2.41. The second kappa shape index (κ2) is 4.22. The van der Waals surface area contributed by atoms with Crippen molar-refractivity contribution in [2.24, 2.45) is 5.73 Å². The SMILES string of the molecule is Cl.Cl.NC1(c2ccc(F)cn2)CC1. The number of pyridine rings is 1. The number of hydrogen-bond acceptors (Lipinski definition) is 2. The van der Waals surface area contributed by atoms with E-state index < -0.39 is 0 Å². The Labute approximate surface area is 88.6 Å². The van der Waals surface area contributed by atoms with Crippen molar-refractivity contribution in [3.8, 4) is 0 Å². The summed E-state index contributed by atoms with van der Waals surface area (Å²) in [4.78, 5) is 3.91. The predicted molar refractivity (Wildman–Crippen MR) is 53.8 cm³/mol. The van der Waals surface area contributed by atoms with Crippen LogP contribution >= 0.6 is 24.8 Å². The predicted octanol–water partition coefficient (Wildman–Crippen LogP) is 2.01. The number of aromatic nitrogens is 1. The summed E-state index contributed by atoms with van der Waals surface area (Å²) < 4.78 is 12.4. The first-order valence-corrected chi connectivity index (χ1v) is 3.62. The van der Waals surface area contributed by atoms with Crippen molar-refractivity contribution in [2.75, 3.05) is 0 Å². The minimum atomic E-state index is -0.307. The van der Waals surface area contributed by atoms with Gasteiger partial charge in [0.25, 0.3) is 0 Å². The van der Waals surface area contributed by atoms with E-state index in [0.717, 1.165) is 18.5 Å². The van der Waals surface area contributed by atoms with Gasteiger partial charge in [-0.3, -0.25) is 4.98 Å². The third kappa shape index (κ3) is 2.53. The quantitative estimate of drug-likeness (QED) is 0.793. The fourth-order valence-corrected chi connectivity index (χ4v) is 1.06. The molecule has 0 unspecified atom stereocenters. The summed E-state index contributed by atoms with van der Waals surface area (Å²) in [6, 6.07) is 3.05. The lowest BCUT2D eigenvalue weighted by Crippen LogP contribution is -2.20. The van der Waals surface area contributed by atoms with Crippen molar-refractivity contribution in [1.29, 1.82) is 0 Å². The molecular formula is C8H11Cl2FN2. The lowest BCUT2D eigenvalue weighted by Gasteiger charge is -2.05. The molecule has 0 radical (unpaired) electrons. The van der Waals surface area contributed by atoms with Gasteiger partial charge in [-0.05, 0) is 25.0 Å². The van der Waals surface area contributed by atoms with Crippen LogP contribution in [-0.4, -0.2) is 4.98 Å². The van der Waals surface area contributed by atoms with Gasteiger partial charge >= 0.3 is 0 Å². The second-order valence-corrected chi connectivity index (χ2v) is 3.02. The monoisotopic (exact) mass is 224 g/mol. The minimum absolute atomic E-state index is 0. The van der Waals surface area contributed by atoms with Crippen molar-refractivity contribution < 1.29 is 4.39 Å². The van der Waals surface area contributed by atoms with E-state index in [1.165, 1.54) is 12.3 Å². The lowest BCUT2D eigenvalue weighted by molar-refractivity contribution is 0.611. The van der Waals surface area contributed by atoms with E-state index in [9.17, 15) is 4.39 Å². The van der Waals surface area contributed by atoms with Gasteiger partial charge in [0, 0.05) is 0 Å². The van der Waals surface area contributed by atoms with Crippen LogP contribution in [0.25, 0.3) is 0 Å². The summed E-state index contributed by atoms with van der Waals surface area (Å²) in [6.45, 7) is 0.